The summed E-state index contributed by atoms with van der Waals surface area (Å²) in [7, 11) is 0. The first-order valence-electron chi connectivity index (χ1n) is 8.58. The number of amides is 2. The molecule has 1 atom stereocenters. The Morgan fingerprint density at radius 2 is 2.20 bits per heavy atom. The van der Waals surface area contributed by atoms with Crippen molar-refractivity contribution in [1.82, 2.24) is 20.2 Å². The van der Waals surface area contributed by atoms with Crippen LogP contribution >= 0.6 is 0 Å². The lowest BCUT2D eigenvalue weighted by Crippen LogP contribution is -2.45. The molecule has 0 saturated carbocycles. The van der Waals surface area contributed by atoms with Gasteiger partial charge < -0.3 is 10.6 Å². The maximum Gasteiger partial charge on any atom is 0.261 e. The van der Waals surface area contributed by atoms with Crippen molar-refractivity contribution in [3.63, 3.8) is 0 Å². The first-order chi connectivity index (χ1) is 12.1. The molecule has 0 aliphatic carbocycles. The van der Waals surface area contributed by atoms with Crippen LogP contribution in [0.5, 0.6) is 0 Å². The van der Waals surface area contributed by atoms with Gasteiger partial charge in [-0.15, -0.1) is 0 Å². The minimum absolute atomic E-state index is 0.128. The van der Waals surface area contributed by atoms with Crippen LogP contribution in [-0.2, 0) is 16.1 Å². The predicted octanol–water partition coefficient (Wildman–Crippen LogP) is 0.880. The maximum atomic E-state index is 12.5. The van der Waals surface area contributed by atoms with E-state index in [1.165, 1.54) is 10.9 Å². The number of aryl methyl sites for hydroxylation is 2. The standard InChI is InChI=1S/C18H22N4O3/c1-12-5-4-6-13-16(12)20-11-22(18(13)25)10-8-15(23)21-14-7-2-3-9-19-17(14)24/h4-6,11,14H,2-3,7-10H2,1H3,(H,19,24)(H,21,23)/t14-/m1/s1. The molecule has 1 aliphatic heterocycles. The van der Waals surface area contributed by atoms with E-state index >= 15 is 0 Å². The second-order valence-corrected chi connectivity index (χ2v) is 6.37. The molecule has 3 rings (SSSR count). The van der Waals surface area contributed by atoms with Crippen LogP contribution in [0.2, 0.25) is 0 Å². The normalized spacial score (nSPS) is 17.8. The number of benzene rings is 1. The molecular formula is C18H22N4O3. The van der Waals surface area contributed by atoms with E-state index in [0.717, 1.165) is 18.4 Å². The number of hydrogen-bond acceptors (Lipinski definition) is 4. The molecule has 2 aromatic rings. The first-order valence-corrected chi connectivity index (χ1v) is 8.58. The summed E-state index contributed by atoms with van der Waals surface area (Å²) in [6.45, 7) is 2.79. The Hall–Kier alpha value is -2.70. The number of carbonyl (C=O) groups excluding carboxylic acids is 2. The molecule has 1 fully saturated rings. The quantitative estimate of drug-likeness (QED) is 0.863. The van der Waals surface area contributed by atoms with Crippen LogP contribution in [0, 0.1) is 6.92 Å². The van der Waals surface area contributed by atoms with Crippen molar-refractivity contribution < 1.29 is 9.59 Å². The monoisotopic (exact) mass is 342 g/mol. The Kier molecular flexibility index (Phi) is 5.11. The van der Waals surface area contributed by atoms with Gasteiger partial charge in [0.15, 0.2) is 0 Å². The number of aromatic nitrogens is 2. The number of hydrogen-bond donors (Lipinski definition) is 2. The fourth-order valence-electron chi connectivity index (χ4n) is 3.06. The highest BCUT2D eigenvalue weighted by atomic mass is 16.2. The molecule has 1 aromatic carbocycles. The molecule has 7 nitrogen and oxygen atoms in total. The van der Waals surface area contributed by atoms with Crippen LogP contribution in [0.4, 0.5) is 0 Å². The summed E-state index contributed by atoms with van der Waals surface area (Å²) in [6, 6.07) is 4.99. The highest BCUT2D eigenvalue weighted by Gasteiger charge is 2.22. The van der Waals surface area contributed by atoms with E-state index in [-0.39, 0.29) is 30.3 Å². The van der Waals surface area contributed by atoms with Gasteiger partial charge in [-0.2, -0.15) is 0 Å². The molecule has 7 heteroatoms. The van der Waals surface area contributed by atoms with E-state index in [1.807, 2.05) is 19.1 Å². The van der Waals surface area contributed by atoms with Gasteiger partial charge in [0, 0.05) is 19.5 Å². The van der Waals surface area contributed by atoms with Crippen LogP contribution < -0.4 is 16.2 Å². The van der Waals surface area contributed by atoms with Crippen LogP contribution in [0.15, 0.2) is 29.3 Å². The molecule has 2 amide bonds. The Morgan fingerprint density at radius 1 is 1.36 bits per heavy atom. The maximum absolute atomic E-state index is 12.5. The fourth-order valence-corrected chi connectivity index (χ4v) is 3.06. The Morgan fingerprint density at radius 3 is 3.04 bits per heavy atom. The van der Waals surface area contributed by atoms with Gasteiger partial charge in [0.2, 0.25) is 11.8 Å². The first kappa shape index (κ1) is 17.1. The molecule has 132 valence electrons. The summed E-state index contributed by atoms with van der Waals surface area (Å²) in [4.78, 5) is 40.8. The number of para-hydroxylation sites is 1. The largest absolute Gasteiger partial charge is 0.354 e. The van der Waals surface area contributed by atoms with Gasteiger partial charge in [0.1, 0.15) is 6.04 Å². The highest BCUT2D eigenvalue weighted by molar-refractivity contribution is 5.87. The molecule has 1 aliphatic rings. The van der Waals surface area contributed by atoms with Crippen molar-refractivity contribution in [3.8, 4) is 0 Å². The molecule has 2 heterocycles. The summed E-state index contributed by atoms with van der Waals surface area (Å²) < 4.78 is 1.44. The number of nitrogens with one attached hydrogen (secondary N) is 2. The zero-order valence-corrected chi connectivity index (χ0v) is 14.2. The lowest BCUT2D eigenvalue weighted by Gasteiger charge is -2.15. The third-order valence-corrected chi connectivity index (χ3v) is 4.51. The van der Waals surface area contributed by atoms with Crippen LogP contribution in [0.1, 0.15) is 31.2 Å². The summed E-state index contributed by atoms with van der Waals surface area (Å²) in [5.74, 6) is -0.371. The van der Waals surface area contributed by atoms with Gasteiger partial charge in [-0.05, 0) is 37.8 Å². The van der Waals surface area contributed by atoms with Crippen molar-refractivity contribution >= 4 is 22.7 Å². The van der Waals surface area contributed by atoms with E-state index in [4.69, 9.17) is 0 Å². The van der Waals surface area contributed by atoms with Crippen molar-refractivity contribution in [2.24, 2.45) is 0 Å². The third-order valence-electron chi connectivity index (χ3n) is 4.51. The molecule has 0 spiro atoms. The van der Waals surface area contributed by atoms with Gasteiger partial charge in [0.25, 0.3) is 5.56 Å². The topological polar surface area (TPSA) is 93.1 Å². The van der Waals surface area contributed by atoms with Crippen LogP contribution in [-0.4, -0.2) is 34.0 Å². The van der Waals surface area contributed by atoms with E-state index in [0.29, 0.717) is 23.9 Å². The molecule has 0 radical (unpaired) electrons. The minimum Gasteiger partial charge on any atom is -0.354 e. The lowest BCUT2D eigenvalue weighted by atomic mass is 10.1. The Labute approximate surface area is 145 Å². The van der Waals surface area contributed by atoms with Crippen LogP contribution in [0.25, 0.3) is 10.9 Å². The van der Waals surface area contributed by atoms with Crippen molar-refractivity contribution in [2.45, 2.75) is 45.2 Å². The van der Waals surface area contributed by atoms with Crippen molar-refractivity contribution in [2.75, 3.05) is 6.54 Å². The summed E-state index contributed by atoms with van der Waals surface area (Å²) in [6.07, 6.45) is 4.08. The summed E-state index contributed by atoms with van der Waals surface area (Å²) in [5.41, 5.74) is 1.47. The molecule has 1 aromatic heterocycles. The summed E-state index contributed by atoms with van der Waals surface area (Å²) in [5, 5.41) is 6.09. The predicted molar refractivity (Wildman–Crippen MR) is 94.1 cm³/mol. The van der Waals surface area contributed by atoms with E-state index < -0.39 is 6.04 Å². The van der Waals surface area contributed by atoms with Gasteiger partial charge in [-0.1, -0.05) is 12.1 Å². The van der Waals surface area contributed by atoms with Gasteiger partial charge in [0.05, 0.1) is 17.2 Å². The average Bonchev–Trinajstić information content (AvgIpc) is 2.80. The fraction of sp³-hybridized carbons (Fsp3) is 0.444. The zero-order chi connectivity index (χ0) is 17.8. The average molecular weight is 342 g/mol. The van der Waals surface area contributed by atoms with Gasteiger partial charge >= 0.3 is 0 Å². The van der Waals surface area contributed by atoms with Crippen molar-refractivity contribution in [1.29, 1.82) is 0 Å². The number of carbonyl (C=O) groups is 2. The highest BCUT2D eigenvalue weighted by Crippen LogP contribution is 2.11. The Bertz CT molecular complexity index is 859. The van der Waals surface area contributed by atoms with E-state index in [9.17, 15) is 14.4 Å². The minimum atomic E-state index is -0.482. The number of nitrogens with zero attached hydrogens (tertiary/aromatic N) is 2. The van der Waals surface area contributed by atoms with Gasteiger partial charge in [-0.25, -0.2) is 4.98 Å². The molecule has 25 heavy (non-hydrogen) atoms. The summed E-state index contributed by atoms with van der Waals surface area (Å²) >= 11 is 0. The lowest BCUT2D eigenvalue weighted by molar-refractivity contribution is -0.128. The Balaban J connectivity index is 1.66. The number of rotatable bonds is 4. The molecular weight excluding hydrogens is 320 g/mol. The van der Waals surface area contributed by atoms with Crippen LogP contribution in [0.3, 0.4) is 0 Å². The van der Waals surface area contributed by atoms with E-state index in [1.54, 1.807) is 6.07 Å². The molecule has 0 unspecified atom stereocenters. The second kappa shape index (κ2) is 7.46. The molecule has 1 saturated heterocycles. The smallest absolute Gasteiger partial charge is 0.261 e. The third kappa shape index (κ3) is 3.87. The van der Waals surface area contributed by atoms with E-state index in [2.05, 4.69) is 15.6 Å². The molecule has 0 bridgehead atoms. The van der Waals surface area contributed by atoms with Crippen molar-refractivity contribution in [3.05, 3.63) is 40.4 Å². The van der Waals surface area contributed by atoms with Gasteiger partial charge in [-0.3, -0.25) is 19.0 Å². The molecule has 2 N–H and O–H groups in total. The SMILES string of the molecule is Cc1cccc2c(=O)n(CCC(=O)N[C@@H]3CCCCNC3=O)cnc12. The number of fused-ring (bicyclic) bond motifs is 1. The second-order valence-electron chi connectivity index (χ2n) is 6.37. The zero-order valence-electron chi connectivity index (χ0n) is 14.2.